The Labute approximate surface area is 176 Å². The first-order valence-electron chi connectivity index (χ1n) is 10.1. The van der Waals surface area contributed by atoms with Crippen LogP contribution >= 0.6 is 0 Å². The minimum Gasteiger partial charge on any atom is -0.494 e. The molecule has 8 heteroatoms. The Hall–Kier alpha value is -2.97. The van der Waals surface area contributed by atoms with E-state index in [2.05, 4.69) is 27.8 Å². The third-order valence-corrected chi connectivity index (χ3v) is 5.87. The number of fused-ring (bicyclic) bond motifs is 3. The fourth-order valence-electron chi connectivity index (χ4n) is 4.11. The molecule has 1 unspecified atom stereocenters. The molecule has 0 aliphatic carbocycles. The van der Waals surface area contributed by atoms with Crippen LogP contribution in [0, 0.1) is 0 Å². The highest BCUT2D eigenvalue weighted by atomic mass is 16.5. The van der Waals surface area contributed by atoms with E-state index in [9.17, 15) is 9.90 Å². The molecule has 2 amide bonds. The number of H-pyrrole nitrogens is 1. The lowest BCUT2D eigenvalue weighted by Crippen LogP contribution is -2.46. The number of hydrogen-bond acceptors (Lipinski definition) is 5. The van der Waals surface area contributed by atoms with E-state index in [0.29, 0.717) is 17.9 Å². The number of nitrogens with one attached hydrogen (secondary N) is 2. The van der Waals surface area contributed by atoms with Crippen molar-refractivity contribution in [2.75, 3.05) is 47.9 Å². The number of ether oxygens (including phenoxy) is 1. The number of urea groups is 1. The summed E-state index contributed by atoms with van der Waals surface area (Å²) < 4.78 is 5.92. The molecule has 2 aromatic rings. The van der Waals surface area contributed by atoms with E-state index in [1.807, 2.05) is 26.2 Å². The van der Waals surface area contributed by atoms with Gasteiger partial charge in [-0.1, -0.05) is 6.58 Å². The van der Waals surface area contributed by atoms with E-state index in [1.165, 1.54) is 15.4 Å². The average molecular weight is 412 g/mol. The maximum atomic E-state index is 12.3. The Balaban J connectivity index is 1.72. The van der Waals surface area contributed by atoms with Gasteiger partial charge in [0.25, 0.3) is 0 Å². The first kappa shape index (κ1) is 20.3. The van der Waals surface area contributed by atoms with Crippen molar-refractivity contribution in [3.63, 3.8) is 0 Å². The first-order valence-corrected chi connectivity index (χ1v) is 10.1. The smallest absolute Gasteiger partial charge is 0.330 e. The van der Waals surface area contributed by atoms with Crippen LogP contribution < -0.4 is 10.1 Å². The average Bonchev–Trinajstić information content (AvgIpc) is 3.09. The van der Waals surface area contributed by atoms with Gasteiger partial charge in [-0.15, -0.1) is 0 Å². The fraction of sp³-hybridized carbons (Fsp3) is 0.409. The Bertz CT molecular complexity index is 1040. The lowest BCUT2D eigenvalue weighted by molar-refractivity contribution is 0.157. The van der Waals surface area contributed by atoms with Crippen LogP contribution in [0.4, 0.5) is 4.79 Å². The third kappa shape index (κ3) is 3.32. The molecule has 8 nitrogen and oxygen atoms in total. The summed E-state index contributed by atoms with van der Waals surface area (Å²) in [5.74, 6) is 0.773. The van der Waals surface area contributed by atoms with Crippen molar-refractivity contribution in [1.82, 2.24) is 25.0 Å². The van der Waals surface area contributed by atoms with Gasteiger partial charge in [0, 0.05) is 49.5 Å². The molecular weight excluding hydrogens is 382 g/mol. The van der Waals surface area contributed by atoms with Crippen LogP contribution in [0.15, 0.2) is 41.9 Å². The summed E-state index contributed by atoms with van der Waals surface area (Å²) in [6.07, 6.45) is 0.859. The number of carbonyl (C=O) groups is 1. The molecule has 0 fully saturated rings. The predicted molar refractivity (Wildman–Crippen MR) is 117 cm³/mol. The monoisotopic (exact) mass is 411 g/mol. The summed E-state index contributed by atoms with van der Waals surface area (Å²) in [6, 6.07) is 5.48. The van der Waals surface area contributed by atoms with Crippen molar-refractivity contribution >= 4 is 16.9 Å². The SMILES string of the molecule is C=C1C(C2NCCc3c2[nH]c2ccc(OCCN(C)C)cc32)=C(O)N(C)C(=O)N1C. The summed E-state index contributed by atoms with van der Waals surface area (Å²) in [4.78, 5) is 20.6. The van der Waals surface area contributed by atoms with Crippen LogP contribution in [0.2, 0.25) is 0 Å². The van der Waals surface area contributed by atoms with Gasteiger partial charge in [-0.2, -0.15) is 0 Å². The van der Waals surface area contributed by atoms with Crippen LogP contribution in [0.25, 0.3) is 10.9 Å². The van der Waals surface area contributed by atoms with Crippen molar-refractivity contribution in [1.29, 1.82) is 0 Å². The fourth-order valence-corrected chi connectivity index (χ4v) is 4.11. The first-order chi connectivity index (χ1) is 14.3. The molecule has 0 radical (unpaired) electrons. The molecule has 2 aliphatic heterocycles. The zero-order valence-corrected chi connectivity index (χ0v) is 18.0. The van der Waals surface area contributed by atoms with E-state index in [-0.39, 0.29) is 18.0 Å². The maximum Gasteiger partial charge on any atom is 0.330 e. The molecule has 160 valence electrons. The van der Waals surface area contributed by atoms with E-state index in [4.69, 9.17) is 4.74 Å². The number of rotatable bonds is 5. The molecule has 0 bridgehead atoms. The molecule has 1 atom stereocenters. The molecule has 0 saturated heterocycles. The Kier molecular flexibility index (Phi) is 5.21. The number of aliphatic hydroxyl groups is 1. The molecule has 2 aliphatic rings. The zero-order valence-electron chi connectivity index (χ0n) is 18.0. The quantitative estimate of drug-likeness (QED) is 0.704. The number of carbonyl (C=O) groups excluding carboxylic acids is 1. The largest absolute Gasteiger partial charge is 0.494 e. The van der Waals surface area contributed by atoms with Crippen molar-refractivity contribution in [3.8, 4) is 5.75 Å². The van der Waals surface area contributed by atoms with Gasteiger partial charge in [0.2, 0.25) is 5.88 Å². The molecule has 4 rings (SSSR count). The van der Waals surface area contributed by atoms with Crippen LogP contribution in [0.1, 0.15) is 17.3 Å². The summed E-state index contributed by atoms with van der Waals surface area (Å²) in [5.41, 5.74) is 4.30. The minimum absolute atomic E-state index is 0.0696. The minimum atomic E-state index is -0.312. The number of amides is 2. The number of hydrogen-bond donors (Lipinski definition) is 3. The number of nitrogens with zero attached hydrogens (tertiary/aromatic N) is 3. The molecule has 30 heavy (non-hydrogen) atoms. The number of likely N-dealkylation sites (N-methyl/N-ethyl adjacent to an activating group) is 2. The molecule has 1 aromatic carbocycles. The van der Waals surface area contributed by atoms with Crippen molar-refractivity contribution in [2.24, 2.45) is 0 Å². The van der Waals surface area contributed by atoms with Crippen LogP contribution in [0.3, 0.4) is 0 Å². The van der Waals surface area contributed by atoms with Gasteiger partial charge >= 0.3 is 6.03 Å². The van der Waals surface area contributed by atoms with Gasteiger partial charge in [-0.3, -0.25) is 9.80 Å². The molecule has 1 aromatic heterocycles. The summed E-state index contributed by atoms with van der Waals surface area (Å²) in [7, 11) is 7.27. The second-order valence-electron chi connectivity index (χ2n) is 8.10. The normalized spacial score (nSPS) is 19.8. The second kappa shape index (κ2) is 7.70. The van der Waals surface area contributed by atoms with Gasteiger partial charge in [0.15, 0.2) is 0 Å². The van der Waals surface area contributed by atoms with Gasteiger partial charge in [-0.05, 0) is 44.3 Å². The van der Waals surface area contributed by atoms with Crippen LogP contribution in [0.5, 0.6) is 5.75 Å². The topological polar surface area (TPSA) is 84.1 Å². The van der Waals surface area contributed by atoms with Crippen molar-refractivity contribution in [3.05, 3.63) is 53.2 Å². The maximum absolute atomic E-state index is 12.3. The number of benzene rings is 1. The van der Waals surface area contributed by atoms with Crippen molar-refractivity contribution < 1.29 is 14.6 Å². The summed E-state index contributed by atoms with van der Waals surface area (Å²) in [5, 5.41) is 15.4. The molecule has 0 saturated carbocycles. The highest BCUT2D eigenvalue weighted by Gasteiger charge is 2.38. The van der Waals surface area contributed by atoms with Crippen molar-refractivity contribution in [2.45, 2.75) is 12.5 Å². The summed E-state index contributed by atoms with van der Waals surface area (Å²) in [6.45, 7) is 6.29. The number of aliphatic hydroxyl groups excluding tert-OH is 1. The van der Waals surface area contributed by atoms with E-state index >= 15 is 0 Å². The highest BCUT2D eigenvalue weighted by Crippen LogP contribution is 2.40. The lowest BCUT2D eigenvalue weighted by Gasteiger charge is -2.37. The Morgan fingerprint density at radius 2 is 2.07 bits per heavy atom. The lowest BCUT2D eigenvalue weighted by atomic mass is 9.92. The zero-order chi connectivity index (χ0) is 21.6. The van der Waals surface area contributed by atoms with Gasteiger partial charge in [0.1, 0.15) is 12.4 Å². The second-order valence-corrected chi connectivity index (χ2v) is 8.10. The van der Waals surface area contributed by atoms with Crippen LogP contribution in [-0.4, -0.2) is 78.7 Å². The van der Waals surface area contributed by atoms with Crippen LogP contribution in [-0.2, 0) is 6.42 Å². The molecule has 3 N–H and O–H groups in total. The molecule has 0 spiro atoms. The Morgan fingerprint density at radius 1 is 1.30 bits per heavy atom. The third-order valence-electron chi connectivity index (χ3n) is 5.87. The standard InChI is InChI=1S/C22H29N5O3/c1-13-18(21(28)27(5)22(29)26(13)4)20-19-15(8-9-23-20)16-12-14(6-7-17(16)24-19)30-11-10-25(2)3/h6-7,12,20,23-24,28H,1,8-11H2,2-5H3. The number of aromatic nitrogens is 1. The highest BCUT2D eigenvalue weighted by molar-refractivity contribution is 5.87. The van der Waals surface area contributed by atoms with Gasteiger partial charge < -0.3 is 25.0 Å². The van der Waals surface area contributed by atoms with E-state index < -0.39 is 0 Å². The molecule has 3 heterocycles. The predicted octanol–water partition coefficient (Wildman–Crippen LogP) is 2.58. The van der Waals surface area contributed by atoms with E-state index in [1.54, 1.807) is 14.1 Å². The number of aromatic amines is 1. The van der Waals surface area contributed by atoms with Gasteiger partial charge in [-0.25, -0.2) is 4.79 Å². The Morgan fingerprint density at radius 3 is 2.80 bits per heavy atom. The summed E-state index contributed by atoms with van der Waals surface area (Å²) >= 11 is 0. The van der Waals surface area contributed by atoms with Gasteiger partial charge in [0.05, 0.1) is 11.6 Å². The van der Waals surface area contributed by atoms with E-state index in [0.717, 1.165) is 41.9 Å². The molecular formula is C22H29N5O3.